The van der Waals surface area contributed by atoms with E-state index in [2.05, 4.69) is 0 Å². The van der Waals surface area contributed by atoms with Crippen molar-refractivity contribution in [3.05, 3.63) is 23.3 Å². The summed E-state index contributed by atoms with van der Waals surface area (Å²) in [6.07, 6.45) is 0.256. The summed E-state index contributed by atoms with van der Waals surface area (Å²) in [6.45, 7) is 0. The maximum Gasteiger partial charge on any atom is 0.338 e. The van der Waals surface area contributed by atoms with Crippen LogP contribution in [0.15, 0.2) is 6.07 Å². The number of aromatic carboxylic acids is 1. The third kappa shape index (κ3) is 1.26. The quantitative estimate of drug-likeness (QED) is 0.619. The van der Waals surface area contributed by atoms with Crippen LogP contribution in [0, 0.1) is 5.95 Å². The number of hydrogen-bond donors (Lipinski definition) is 2. The van der Waals surface area contributed by atoms with Gasteiger partial charge in [0.25, 0.3) is 0 Å². The molecule has 5 heteroatoms. The fourth-order valence-electron chi connectivity index (χ4n) is 0.706. The van der Waals surface area contributed by atoms with E-state index in [0.717, 1.165) is 6.07 Å². The first-order valence-electron chi connectivity index (χ1n) is 2.72. The second-order valence-corrected chi connectivity index (χ2v) is 1.87. The first kappa shape index (κ1) is 7.46. The summed E-state index contributed by atoms with van der Waals surface area (Å²) in [6, 6.07) is 0.756. The Balaban J connectivity index is 3.22. The molecule has 0 fully saturated rings. The predicted molar refractivity (Wildman–Crippen MR) is 33.1 cm³/mol. The van der Waals surface area contributed by atoms with E-state index in [-0.39, 0.29) is 17.5 Å². The molecule has 0 radical (unpaired) electrons. The minimum Gasteiger partial charge on any atom is -0.478 e. The van der Waals surface area contributed by atoms with Crippen LogP contribution in [-0.2, 0) is 0 Å². The van der Waals surface area contributed by atoms with Gasteiger partial charge in [0.15, 0.2) is 12.2 Å². The summed E-state index contributed by atoms with van der Waals surface area (Å²) in [5.41, 5.74) is -0.604. The molecule has 0 bridgehead atoms. The van der Waals surface area contributed by atoms with Crippen LogP contribution in [0.3, 0.4) is 0 Å². The SMILES string of the molecule is O=Cc1[nH]c(F)cc1C(=O)O. The first-order chi connectivity index (χ1) is 5.15. The third-order valence-corrected chi connectivity index (χ3v) is 1.16. The number of aromatic amines is 1. The van der Waals surface area contributed by atoms with Gasteiger partial charge in [-0.05, 0) is 0 Å². The van der Waals surface area contributed by atoms with Crippen molar-refractivity contribution in [2.45, 2.75) is 0 Å². The van der Waals surface area contributed by atoms with Crippen LogP contribution in [0.1, 0.15) is 20.8 Å². The van der Waals surface area contributed by atoms with E-state index in [1.165, 1.54) is 0 Å². The lowest BCUT2D eigenvalue weighted by molar-refractivity contribution is 0.0694. The Bertz CT molecular complexity index is 305. The fraction of sp³-hybridized carbons (Fsp3) is 0. The van der Waals surface area contributed by atoms with Crippen molar-refractivity contribution in [3.63, 3.8) is 0 Å². The highest BCUT2D eigenvalue weighted by atomic mass is 19.1. The van der Waals surface area contributed by atoms with E-state index in [0.29, 0.717) is 0 Å². The van der Waals surface area contributed by atoms with Crippen molar-refractivity contribution < 1.29 is 19.1 Å². The Hall–Kier alpha value is -1.65. The predicted octanol–water partition coefficient (Wildman–Crippen LogP) is 0.664. The van der Waals surface area contributed by atoms with E-state index >= 15 is 0 Å². The van der Waals surface area contributed by atoms with E-state index in [1.807, 2.05) is 4.98 Å². The summed E-state index contributed by atoms with van der Waals surface area (Å²) in [7, 11) is 0. The molecule has 0 aliphatic carbocycles. The zero-order valence-corrected chi connectivity index (χ0v) is 5.30. The number of halogens is 1. The number of carboxylic acid groups (broad SMARTS) is 1. The van der Waals surface area contributed by atoms with Gasteiger partial charge in [-0.3, -0.25) is 4.79 Å². The molecule has 1 heterocycles. The molecule has 58 valence electrons. The highest BCUT2D eigenvalue weighted by Crippen LogP contribution is 2.07. The smallest absolute Gasteiger partial charge is 0.338 e. The third-order valence-electron chi connectivity index (χ3n) is 1.16. The normalized spacial score (nSPS) is 9.55. The van der Waals surface area contributed by atoms with Crippen molar-refractivity contribution in [1.82, 2.24) is 4.98 Å². The number of rotatable bonds is 2. The van der Waals surface area contributed by atoms with Crippen molar-refractivity contribution in [3.8, 4) is 0 Å². The van der Waals surface area contributed by atoms with Crippen LogP contribution in [-0.4, -0.2) is 22.3 Å². The molecular weight excluding hydrogens is 153 g/mol. The number of carbonyl (C=O) groups is 2. The number of aldehydes is 1. The number of nitrogens with one attached hydrogen (secondary N) is 1. The van der Waals surface area contributed by atoms with Gasteiger partial charge in [0.2, 0.25) is 0 Å². The molecule has 1 aromatic rings. The molecule has 0 aliphatic rings. The van der Waals surface area contributed by atoms with Crippen LogP contribution < -0.4 is 0 Å². The molecule has 0 amide bonds. The zero-order valence-electron chi connectivity index (χ0n) is 5.30. The summed E-state index contributed by atoms with van der Waals surface area (Å²) in [4.78, 5) is 22.3. The van der Waals surface area contributed by atoms with Gasteiger partial charge in [0.05, 0.1) is 11.3 Å². The molecule has 0 spiro atoms. The highest BCUT2D eigenvalue weighted by molar-refractivity contribution is 5.96. The zero-order chi connectivity index (χ0) is 8.43. The maximum absolute atomic E-state index is 12.3. The van der Waals surface area contributed by atoms with Gasteiger partial charge in [-0.15, -0.1) is 0 Å². The average Bonchev–Trinajstić information content (AvgIpc) is 2.30. The van der Waals surface area contributed by atoms with Crippen molar-refractivity contribution in [2.75, 3.05) is 0 Å². The lowest BCUT2D eigenvalue weighted by atomic mass is 10.2. The van der Waals surface area contributed by atoms with Crippen molar-refractivity contribution >= 4 is 12.3 Å². The molecule has 4 nitrogen and oxygen atoms in total. The van der Waals surface area contributed by atoms with Gasteiger partial charge >= 0.3 is 5.97 Å². The standard InChI is InChI=1S/C6H4FNO3/c7-5-1-3(6(10)11)4(2-9)8-5/h1-2,8H,(H,10,11). The van der Waals surface area contributed by atoms with Crippen molar-refractivity contribution in [1.29, 1.82) is 0 Å². The molecule has 0 unspecified atom stereocenters. The lowest BCUT2D eigenvalue weighted by Gasteiger charge is -1.85. The Kier molecular flexibility index (Phi) is 1.72. The molecular formula is C6H4FNO3. The van der Waals surface area contributed by atoms with E-state index in [9.17, 15) is 14.0 Å². The van der Waals surface area contributed by atoms with E-state index in [4.69, 9.17) is 5.11 Å². The largest absolute Gasteiger partial charge is 0.478 e. The Morgan fingerprint density at radius 2 is 2.36 bits per heavy atom. The van der Waals surface area contributed by atoms with Crippen LogP contribution in [0.2, 0.25) is 0 Å². The molecule has 2 N–H and O–H groups in total. The topological polar surface area (TPSA) is 70.2 Å². The van der Waals surface area contributed by atoms with Gasteiger partial charge < -0.3 is 10.1 Å². The molecule has 0 saturated heterocycles. The van der Waals surface area contributed by atoms with Gasteiger partial charge in [-0.2, -0.15) is 4.39 Å². The molecule has 1 rings (SSSR count). The number of aromatic nitrogens is 1. The van der Waals surface area contributed by atoms with Gasteiger partial charge in [0, 0.05) is 6.07 Å². The molecule has 0 saturated carbocycles. The minimum atomic E-state index is -1.33. The Morgan fingerprint density at radius 3 is 2.73 bits per heavy atom. The monoisotopic (exact) mass is 157 g/mol. The number of hydrogen-bond acceptors (Lipinski definition) is 2. The summed E-state index contributed by atoms with van der Waals surface area (Å²) >= 11 is 0. The Labute approximate surface area is 60.7 Å². The van der Waals surface area contributed by atoms with Gasteiger partial charge in [-0.25, -0.2) is 4.79 Å². The second-order valence-electron chi connectivity index (χ2n) is 1.87. The summed E-state index contributed by atoms with van der Waals surface area (Å²) in [5, 5.41) is 8.36. The molecule has 0 aromatic carbocycles. The van der Waals surface area contributed by atoms with Crippen LogP contribution in [0.5, 0.6) is 0 Å². The molecule has 11 heavy (non-hydrogen) atoms. The van der Waals surface area contributed by atoms with Crippen LogP contribution in [0.4, 0.5) is 4.39 Å². The molecule has 1 aromatic heterocycles. The van der Waals surface area contributed by atoms with Crippen molar-refractivity contribution in [2.24, 2.45) is 0 Å². The summed E-state index contributed by atoms with van der Waals surface area (Å²) in [5.74, 6) is -2.16. The first-order valence-corrected chi connectivity index (χ1v) is 2.72. The van der Waals surface area contributed by atoms with E-state index in [1.54, 1.807) is 0 Å². The Morgan fingerprint density at radius 1 is 1.73 bits per heavy atom. The van der Waals surface area contributed by atoms with Crippen LogP contribution >= 0.6 is 0 Å². The lowest BCUT2D eigenvalue weighted by Crippen LogP contribution is -1.98. The minimum absolute atomic E-state index is 0.255. The summed E-state index contributed by atoms with van der Waals surface area (Å²) < 4.78 is 12.3. The molecule has 0 aliphatic heterocycles. The van der Waals surface area contributed by atoms with Crippen LogP contribution in [0.25, 0.3) is 0 Å². The fourth-order valence-corrected chi connectivity index (χ4v) is 0.706. The average molecular weight is 157 g/mol. The van der Waals surface area contributed by atoms with E-state index < -0.39 is 11.9 Å². The number of H-pyrrole nitrogens is 1. The second kappa shape index (κ2) is 2.53. The van der Waals surface area contributed by atoms with Gasteiger partial charge in [0.1, 0.15) is 0 Å². The highest BCUT2D eigenvalue weighted by Gasteiger charge is 2.12. The van der Waals surface area contributed by atoms with Gasteiger partial charge in [-0.1, -0.05) is 0 Å². The molecule has 0 atom stereocenters. The number of carbonyl (C=O) groups excluding carboxylic acids is 1. The number of carboxylic acids is 1. The maximum atomic E-state index is 12.3.